The Hall–Kier alpha value is -2.04. The summed E-state index contributed by atoms with van der Waals surface area (Å²) in [5.41, 5.74) is 6.64. The fourth-order valence-corrected chi connectivity index (χ4v) is 3.24. The number of nitrogens with two attached hydrogens (primary N) is 1. The molecular weight excluding hydrogens is 254 g/mol. The number of benzene rings is 1. The molecule has 1 aliphatic heterocycles. The van der Waals surface area contributed by atoms with Gasteiger partial charge in [-0.2, -0.15) is 0 Å². The van der Waals surface area contributed by atoms with Gasteiger partial charge in [0.05, 0.1) is 0 Å². The number of urea groups is 1. The van der Waals surface area contributed by atoms with Crippen molar-refractivity contribution in [1.82, 2.24) is 10.2 Å². The van der Waals surface area contributed by atoms with Crippen LogP contribution in [0.4, 0.5) is 4.79 Å². The molecule has 0 radical (unpaired) electrons. The second-order valence-electron chi connectivity index (χ2n) is 5.71. The van der Waals surface area contributed by atoms with Crippen LogP contribution in [-0.4, -0.2) is 29.4 Å². The number of carbonyl (C=O) groups is 2. The van der Waals surface area contributed by atoms with Gasteiger partial charge in [0.1, 0.15) is 0 Å². The van der Waals surface area contributed by atoms with Gasteiger partial charge in [0, 0.05) is 24.7 Å². The molecule has 20 heavy (non-hydrogen) atoms. The highest BCUT2D eigenvalue weighted by Crippen LogP contribution is 2.37. The summed E-state index contributed by atoms with van der Waals surface area (Å²) in [5.74, 6) is 0.272. The second-order valence-corrected chi connectivity index (χ2v) is 5.71. The third kappa shape index (κ3) is 2.48. The number of fused-ring (bicyclic) bond motifs is 2. The van der Waals surface area contributed by atoms with Gasteiger partial charge in [-0.15, -0.1) is 0 Å². The number of nitrogens with one attached hydrogen (secondary N) is 1. The molecule has 2 aliphatic rings. The molecule has 5 heteroatoms. The van der Waals surface area contributed by atoms with Crippen molar-refractivity contribution in [2.45, 2.75) is 31.8 Å². The third-order valence-electron chi connectivity index (χ3n) is 4.35. The predicted octanol–water partition coefficient (Wildman–Crippen LogP) is 1.48. The van der Waals surface area contributed by atoms with Crippen LogP contribution in [0.3, 0.4) is 0 Å². The Morgan fingerprint density at radius 3 is 2.55 bits per heavy atom. The van der Waals surface area contributed by atoms with Crippen LogP contribution in [0.2, 0.25) is 0 Å². The first-order valence-electron chi connectivity index (χ1n) is 7.06. The van der Waals surface area contributed by atoms with E-state index in [1.807, 2.05) is 17.0 Å². The molecule has 1 aromatic carbocycles. The zero-order valence-electron chi connectivity index (χ0n) is 11.3. The Morgan fingerprint density at radius 2 is 2.00 bits per heavy atom. The molecule has 2 bridgehead atoms. The zero-order valence-corrected chi connectivity index (χ0v) is 11.3. The van der Waals surface area contributed by atoms with Crippen molar-refractivity contribution in [2.75, 3.05) is 6.54 Å². The van der Waals surface area contributed by atoms with Crippen molar-refractivity contribution in [3.8, 4) is 0 Å². The Kier molecular flexibility index (Phi) is 3.34. The van der Waals surface area contributed by atoms with Gasteiger partial charge in [0.2, 0.25) is 5.91 Å². The van der Waals surface area contributed by atoms with Gasteiger partial charge in [0.25, 0.3) is 0 Å². The van der Waals surface area contributed by atoms with E-state index in [0.717, 1.165) is 18.5 Å². The van der Waals surface area contributed by atoms with Crippen LogP contribution in [0.15, 0.2) is 24.3 Å². The molecule has 1 heterocycles. The first-order valence-corrected chi connectivity index (χ1v) is 7.06. The molecule has 3 amide bonds. The Bertz CT molecular complexity index is 526. The first-order chi connectivity index (χ1) is 9.63. The van der Waals surface area contributed by atoms with E-state index in [0.29, 0.717) is 24.1 Å². The lowest BCUT2D eigenvalue weighted by atomic mass is 10.1. The van der Waals surface area contributed by atoms with Crippen LogP contribution < -0.4 is 11.1 Å². The summed E-state index contributed by atoms with van der Waals surface area (Å²) in [7, 11) is 0. The summed E-state index contributed by atoms with van der Waals surface area (Å²) in [6.07, 6.45) is 3.58. The lowest BCUT2D eigenvalue weighted by Crippen LogP contribution is -2.43. The maximum absolute atomic E-state index is 12.1. The lowest BCUT2D eigenvalue weighted by Gasteiger charge is -2.27. The average molecular weight is 273 g/mol. The van der Waals surface area contributed by atoms with E-state index >= 15 is 0 Å². The molecule has 1 saturated heterocycles. The largest absolute Gasteiger partial charge is 0.366 e. The van der Waals surface area contributed by atoms with Gasteiger partial charge in [-0.05, 0) is 42.9 Å². The maximum Gasteiger partial charge on any atom is 0.317 e. The highest BCUT2D eigenvalue weighted by atomic mass is 16.2. The number of hydrogen-bond acceptors (Lipinski definition) is 2. The van der Waals surface area contributed by atoms with Crippen LogP contribution in [-0.2, 0) is 6.54 Å². The summed E-state index contributed by atoms with van der Waals surface area (Å²) < 4.78 is 0. The van der Waals surface area contributed by atoms with Crippen molar-refractivity contribution in [2.24, 2.45) is 11.7 Å². The predicted molar refractivity (Wildman–Crippen MR) is 75.0 cm³/mol. The minimum absolute atomic E-state index is 0.0242. The highest BCUT2D eigenvalue weighted by molar-refractivity contribution is 5.92. The summed E-state index contributed by atoms with van der Waals surface area (Å²) >= 11 is 0. The fraction of sp³-hybridized carbons (Fsp3) is 0.467. The Labute approximate surface area is 118 Å². The quantitative estimate of drug-likeness (QED) is 0.875. The number of carbonyl (C=O) groups excluding carboxylic acids is 2. The molecule has 1 aliphatic carbocycles. The molecule has 3 rings (SSSR count). The minimum Gasteiger partial charge on any atom is -0.366 e. The van der Waals surface area contributed by atoms with Gasteiger partial charge in [-0.25, -0.2) is 4.79 Å². The number of primary amides is 1. The summed E-state index contributed by atoms with van der Waals surface area (Å²) in [6, 6.07) is 7.46. The summed E-state index contributed by atoms with van der Waals surface area (Å²) in [6.45, 7) is 1.38. The molecule has 5 nitrogen and oxygen atoms in total. The number of likely N-dealkylation sites (tertiary alicyclic amines) is 1. The monoisotopic (exact) mass is 273 g/mol. The van der Waals surface area contributed by atoms with Gasteiger partial charge in [-0.1, -0.05) is 12.1 Å². The van der Waals surface area contributed by atoms with Crippen LogP contribution in [0.25, 0.3) is 0 Å². The molecule has 0 spiro atoms. The van der Waals surface area contributed by atoms with Gasteiger partial charge in [0.15, 0.2) is 0 Å². The maximum atomic E-state index is 12.1. The molecule has 0 unspecified atom stereocenters. The number of nitrogens with zero attached hydrogens (tertiary/aromatic N) is 1. The van der Waals surface area contributed by atoms with Crippen LogP contribution in [0.1, 0.15) is 35.2 Å². The molecular formula is C15H19N3O2. The van der Waals surface area contributed by atoms with Crippen molar-refractivity contribution >= 4 is 11.9 Å². The Balaban J connectivity index is 1.54. The topological polar surface area (TPSA) is 75.4 Å². The second kappa shape index (κ2) is 5.15. The highest BCUT2D eigenvalue weighted by Gasteiger charge is 2.40. The van der Waals surface area contributed by atoms with E-state index in [1.165, 1.54) is 12.8 Å². The number of hydrogen-bond donors (Lipinski definition) is 2. The average Bonchev–Trinajstić information content (AvgIpc) is 3.08. The third-order valence-corrected chi connectivity index (χ3v) is 4.35. The van der Waals surface area contributed by atoms with Gasteiger partial charge < -0.3 is 16.0 Å². The van der Waals surface area contributed by atoms with Crippen molar-refractivity contribution in [3.05, 3.63) is 35.4 Å². The van der Waals surface area contributed by atoms with E-state index in [4.69, 9.17) is 5.73 Å². The normalized spacial score (nSPS) is 23.9. The van der Waals surface area contributed by atoms with E-state index in [9.17, 15) is 9.59 Å². The zero-order chi connectivity index (χ0) is 14.1. The van der Waals surface area contributed by atoms with E-state index < -0.39 is 5.91 Å². The smallest absolute Gasteiger partial charge is 0.317 e. The van der Waals surface area contributed by atoms with E-state index in [1.54, 1.807) is 12.1 Å². The van der Waals surface area contributed by atoms with E-state index in [-0.39, 0.29) is 6.03 Å². The van der Waals surface area contributed by atoms with Crippen LogP contribution >= 0.6 is 0 Å². The van der Waals surface area contributed by atoms with Gasteiger partial charge in [-0.3, -0.25) is 4.79 Å². The van der Waals surface area contributed by atoms with Crippen molar-refractivity contribution in [3.63, 3.8) is 0 Å². The molecule has 106 valence electrons. The van der Waals surface area contributed by atoms with Crippen LogP contribution in [0.5, 0.6) is 0 Å². The Morgan fingerprint density at radius 1 is 1.25 bits per heavy atom. The number of piperidine rings is 1. The fourth-order valence-electron chi connectivity index (χ4n) is 3.24. The summed E-state index contributed by atoms with van der Waals surface area (Å²) in [5, 5.41) is 2.95. The van der Waals surface area contributed by atoms with Crippen molar-refractivity contribution < 1.29 is 9.59 Å². The molecule has 2 fully saturated rings. The molecule has 2 atom stereocenters. The molecule has 0 aromatic heterocycles. The minimum atomic E-state index is -0.436. The molecule has 1 saturated carbocycles. The molecule has 1 aromatic rings. The first kappa shape index (κ1) is 13.0. The van der Waals surface area contributed by atoms with Gasteiger partial charge >= 0.3 is 6.03 Å². The SMILES string of the molecule is NC(=O)c1ccc(CNC(=O)N2C[C@H]3CC[C@H]2C3)cc1. The van der Waals surface area contributed by atoms with Crippen LogP contribution in [0, 0.1) is 5.92 Å². The number of rotatable bonds is 3. The number of amides is 3. The van der Waals surface area contributed by atoms with Crippen molar-refractivity contribution in [1.29, 1.82) is 0 Å². The lowest BCUT2D eigenvalue weighted by molar-refractivity contribution is 0.1000. The standard InChI is InChI=1S/C15H19N3O2/c16-14(19)12-4-1-10(2-5-12)8-17-15(20)18-9-11-3-6-13(18)7-11/h1-2,4-5,11,13H,3,6-9H2,(H2,16,19)(H,17,20)/t11-,13-/m0/s1. The molecule has 3 N–H and O–H groups in total. The summed E-state index contributed by atoms with van der Waals surface area (Å²) in [4.78, 5) is 25.1. The van der Waals surface area contributed by atoms with E-state index in [2.05, 4.69) is 5.32 Å².